The molecular formula is C8H15NO7. The molecule has 0 rings (SSSR count). The summed E-state index contributed by atoms with van der Waals surface area (Å²) in [7, 11) is 0. The maximum absolute atomic E-state index is 10.7. The van der Waals surface area contributed by atoms with E-state index in [1.54, 1.807) is 0 Å². The zero-order valence-electron chi connectivity index (χ0n) is 8.57. The lowest BCUT2D eigenvalue weighted by Crippen LogP contribution is -2.55. The van der Waals surface area contributed by atoms with E-state index in [-0.39, 0.29) is 0 Å². The third kappa shape index (κ3) is 4.11. The summed E-state index contributed by atoms with van der Waals surface area (Å²) >= 11 is 0. The molecule has 8 nitrogen and oxygen atoms in total. The Hall–Kier alpha value is -1.22. The first-order valence-corrected chi connectivity index (χ1v) is 4.46. The van der Waals surface area contributed by atoms with Crippen LogP contribution in [0.15, 0.2) is 0 Å². The Labute approximate surface area is 91.1 Å². The van der Waals surface area contributed by atoms with Crippen molar-refractivity contribution >= 4 is 11.9 Å². The summed E-state index contributed by atoms with van der Waals surface area (Å²) in [5.74, 6) is -2.27. The molecule has 0 aromatic rings. The van der Waals surface area contributed by atoms with E-state index in [0.717, 1.165) is 6.92 Å². The number of rotatable bonds is 6. The van der Waals surface area contributed by atoms with Crippen molar-refractivity contribution in [3.05, 3.63) is 0 Å². The van der Waals surface area contributed by atoms with Gasteiger partial charge in [0.25, 0.3) is 0 Å². The molecule has 0 saturated carbocycles. The van der Waals surface area contributed by atoms with E-state index in [2.05, 4.69) is 0 Å². The maximum atomic E-state index is 10.7. The first kappa shape index (κ1) is 14.8. The Balaban J connectivity index is 4.66. The van der Waals surface area contributed by atoms with Crippen LogP contribution >= 0.6 is 0 Å². The number of aliphatic hydroxyl groups excluding tert-OH is 4. The van der Waals surface area contributed by atoms with E-state index >= 15 is 0 Å². The van der Waals surface area contributed by atoms with Crippen molar-refractivity contribution in [2.75, 3.05) is 6.61 Å². The van der Waals surface area contributed by atoms with Gasteiger partial charge in [-0.1, -0.05) is 0 Å². The topological polar surface area (TPSA) is 147 Å². The average molecular weight is 237 g/mol. The highest BCUT2D eigenvalue weighted by atomic mass is 16.4. The van der Waals surface area contributed by atoms with Crippen LogP contribution in [-0.4, -0.2) is 68.4 Å². The van der Waals surface area contributed by atoms with Crippen molar-refractivity contribution in [3.63, 3.8) is 0 Å². The smallest absolute Gasteiger partial charge is 0.329 e. The highest BCUT2D eigenvalue weighted by molar-refractivity contribution is 5.82. The van der Waals surface area contributed by atoms with Gasteiger partial charge in [-0.25, -0.2) is 4.79 Å². The first-order chi connectivity index (χ1) is 7.31. The number of carbonyl (C=O) groups excluding carboxylic acids is 1. The molecule has 0 aliphatic heterocycles. The summed E-state index contributed by atoms with van der Waals surface area (Å²) in [6, 6.07) is -1.76. The van der Waals surface area contributed by atoms with Crippen LogP contribution in [0.1, 0.15) is 6.92 Å². The lowest BCUT2D eigenvalue weighted by Gasteiger charge is -2.26. The van der Waals surface area contributed by atoms with E-state index in [4.69, 9.17) is 15.3 Å². The zero-order chi connectivity index (χ0) is 12.9. The summed E-state index contributed by atoms with van der Waals surface area (Å²) in [5, 5.41) is 46.7. The Morgan fingerprint density at radius 2 is 1.69 bits per heavy atom. The molecule has 8 heteroatoms. The van der Waals surface area contributed by atoms with Gasteiger partial charge in [-0.2, -0.15) is 0 Å². The Bertz CT molecular complexity index is 257. The van der Waals surface area contributed by atoms with Gasteiger partial charge >= 0.3 is 5.97 Å². The molecule has 0 aromatic carbocycles. The molecule has 0 radical (unpaired) electrons. The summed E-state index contributed by atoms with van der Waals surface area (Å²) < 4.78 is 0. The predicted octanol–water partition coefficient (Wildman–Crippen LogP) is -3.35. The quantitative estimate of drug-likeness (QED) is 0.283. The second-order valence-electron chi connectivity index (χ2n) is 3.25. The van der Waals surface area contributed by atoms with Crippen molar-refractivity contribution in [3.8, 4) is 0 Å². The molecule has 0 heterocycles. The number of hydrogen-bond donors (Lipinski definition) is 6. The summed E-state index contributed by atoms with van der Waals surface area (Å²) in [6.07, 6.45) is -5.49. The van der Waals surface area contributed by atoms with Gasteiger partial charge in [-0.3, -0.25) is 4.79 Å². The largest absolute Gasteiger partial charge is 0.480 e. The van der Waals surface area contributed by atoms with Crippen LogP contribution in [-0.2, 0) is 9.59 Å². The number of aliphatic carboxylic acids is 1. The van der Waals surface area contributed by atoms with Crippen molar-refractivity contribution in [2.45, 2.75) is 31.3 Å². The van der Waals surface area contributed by atoms with E-state index in [9.17, 15) is 19.8 Å². The molecule has 0 aromatic heterocycles. The molecule has 4 unspecified atom stereocenters. The van der Waals surface area contributed by atoms with Gasteiger partial charge in [0.15, 0.2) is 6.04 Å². The van der Waals surface area contributed by atoms with Crippen molar-refractivity contribution < 1.29 is 35.1 Å². The standard InChI is InChI=1S/C8H15NO7/c1-3(11)9-5(8(15)16)7(14)6(13)4(12)2-10/h4-7,10,12-14H,2H2,1H3,(H,9,11)(H,15,16). The molecule has 0 bridgehead atoms. The van der Waals surface area contributed by atoms with Crippen molar-refractivity contribution in [1.82, 2.24) is 5.32 Å². The highest BCUT2D eigenvalue weighted by Crippen LogP contribution is 2.05. The van der Waals surface area contributed by atoms with Gasteiger partial charge in [-0.15, -0.1) is 0 Å². The number of carbonyl (C=O) groups is 2. The number of hydrogen-bond acceptors (Lipinski definition) is 6. The van der Waals surface area contributed by atoms with Crippen LogP contribution in [0.25, 0.3) is 0 Å². The fraction of sp³-hybridized carbons (Fsp3) is 0.750. The third-order valence-corrected chi connectivity index (χ3v) is 1.90. The van der Waals surface area contributed by atoms with Gasteiger partial charge in [0, 0.05) is 6.92 Å². The van der Waals surface area contributed by atoms with Crippen molar-refractivity contribution in [1.29, 1.82) is 0 Å². The molecule has 6 N–H and O–H groups in total. The van der Waals surface area contributed by atoms with Crippen LogP contribution < -0.4 is 5.32 Å². The van der Waals surface area contributed by atoms with E-state index in [1.165, 1.54) is 0 Å². The van der Waals surface area contributed by atoms with E-state index < -0.39 is 42.8 Å². The predicted molar refractivity (Wildman–Crippen MR) is 50.3 cm³/mol. The molecule has 0 aliphatic rings. The van der Waals surface area contributed by atoms with Crippen LogP contribution in [0.3, 0.4) is 0 Å². The fourth-order valence-electron chi connectivity index (χ4n) is 1.04. The lowest BCUT2D eigenvalue weighted by atomic mass is 10.0. The maximum Gasteiger partial charge on any atom is 0.329 e. The van der Waals surface area contributed by atoms with Crippen LogP contribution in [0, 0.1) is 0 Å². The first-order valence-electron chi connectivity index (χ1n) is 4.46. The summed E-state index contributed by atoms with van der Waals surface area (Å²) in [6.45, 7) is 0.197. The molecular weight excluding hydrogens is 222 g/mol. The lowest BCUT2D eigenvalue weighted by molar-refractivity contribution is -0.151. The number of nitrogens with one attached hydrogen (secondary N) is 1. The van der Waals surface area contributed by atoms with Crippen LogP contribution in [0.5, 0.6) is 0 Å². The van der Waals surface area contributed by atoms with E-state index in [1.807, 2.05) is 5.32 Å². The molecule has 16 heavy (non-hydrogen) atoms. The Morgan fingerprint density at radius 3 is 2.00 bits per heavy atom. The minimum atomic E-state index is -1.93. The Morgan fingerprint density at radius 1 is 1.19 bits per heavy atom. The van der Waals surface area contributed by atoms with E-state index in [0.29, 0.717) is 0 Å². The average Bonchev–Trinajstić information content (AvgIpc) is 2.22. The van der Waals surface area contributed by atoms with Gasteiger partial charge < -0.3 is 30.8 Å². The Kier molecular flexibility index (Phi) is 5.89. The fourth-order valence-corrected chi connectivity index (χ4v) is 1.04. The van der Waals surface area contributed by atoms with Gasteiger partial charge in [0.2, 0.25) is 5.91 Å². The van der Waals surface area contributed by atoms with Crippen LogP contribution in [0.2, 0.25) is 0 Å². The molecule has 0 aliphatic carbocycles. The number of aliphatic hydroxyl groups is 4. The number of carboxylic acid groups (broad SMARTS) is 1. The monoisotopic (exact) mass is 237 g/mol. The molecule has 0 fully saturated rings. The number of carboxylic acids is 1. The molecule has 4 atom stereocenters. The minimum absolute atomic E-state index is 0.711. The van der Waals surface area contributed by atoms with Gasteiger partial charge in [0.1, 0.15) is 18.3 Å². The normalized spacial score (nSPS) is 18.3. The van der Waals surface area contributed by atoms with Gasteiger partial charge in [0.05, 0.1) is 6.61 Å². The number of amides is 1. The van der Waals surface area contributed by atoms with Crippen molar-refractivity contribution in [2.24, 2.45) is 0 Å². The molecule has 0 saturated heterocycles. The van der Waals surface area contributed by atoms with Crippen LogP contribution in [0.4, 0.5) is 0 Å². The summed E-state index contributed by atoms with van der Waals surface area (Å²) in [4.78, 5) is 21.3. The third-order valence-electron chi connectivity index (χ3n) is 1.90. The summed E-state index contributed by atoms with van der Waals surface area (Å²) in [5.41, 5.74) is 0. The highest BCUT2D eigenvalue weighted by Gasteiger charge is 2.35. The zero-order valence-corrected chi connectivity index (χ0v) is 8.57. The molecule has 0 spiro atoms. The second kappa shape index (κ2) is 6.38. The molecule has 1 amide bonds. The SMILES string of the molecule is CC(=O)NC(C(=O)O)C(O)C(O)C(O)CO. The minimum Gasteiger partial charge on any atom is -0.480 e. The van der Waals surface area contributed by atoms with Gasteiger partial charge in [-0.05, 0) is 0 Å². The molecule has 94 valence electrons. The second-order valence-corrected chi connectivity index (χ2v) is 3.25.